The number of dihydropyridines is 1. The van der Waals surface area contributed by atoms with Crippen LogP contribution in [0.1, 0.15) is 28.3 Å². The van der Waals surface area contributed by atoms with E-state index in [0.29, 0.717) is 0 Å². The summed E-state index contributed by atoms with van der Waals surface area (Å²) < 4.78 is 0. The Balaban J connectivity index is 1.07. The van der Waals surface area contributed by atoms with E-state index in [1.54, 1.807) is 0 Å². The lowest BCUT2D eigenvalue weighted by Crippen LogP contribution is -2.32. The highest BCUT2D eigenvalue weighted by Crippen LogP contribution is 2.39. The second-order valence-electron chi connectivity index (χ2n) is 14.7. The fourth-order valence-corrected chi connectivity index (χ4v) is 7.99. The first kappa shape index (κ1) is 34.9. The molecule has 1 unspecified atom stereocenters. The number of hydrogen-bond donors (Lipinski definition) is 2. The minimum absolute atomic E-state index is 0.0565. The highest BCUT2D eigenvalue weighted by Gasteiger charge is 2.25. The predicted molar refractivity (Wildman–Crippen MR) is 241 cm³/mol. The van der Waals surface area contributed by atoms with Gasteiger partial charge in [-0.25, -0.2) is 4.99 Å². The highest BCUT2D eigenvalue weighted by atomic mass is 15.1. The summed E-state index contributed by atoms with van der Waals surface area (Å²) in [6.45, 7) is 0.809. The number of hydrogen-bond acceptors (Lipinski definition) is 4. The summed E-state index contributed by atoms with van der Waals surface area (Å²) in [4.78, 5) is 10.1. The summed E-state index contributed by atoms with van der Waals surface area (Å²) in [6, 6.07) is 67.0. The molecule has 3 heterocycles. The number of rotatable bonds is 8. The van der Waals surface area contributed by atoms with Gasteiger partial charge in [-0.2, -0.15) is 0 Å². The van der Waals surface area contributed by atoms with Crippen LogP contribution in [-0.2, 0) is 0 Å². The normalized spacial score (nSPS) is 14.4. The molecule has 0 spiro atoms. The molecular formula is C54H40N4. The maximum atomic E-state index is 5.37. The van der Waals surface area contributed by atoms with Crippen LogP contribution in [0.4, 0.5) is 5.69 Å². The molecule has 2 aliphatic heterocycles. The van der Waals surface area contributed by atoms with Gasteiger partial charge in [0.2, 0.25) is 0 Å². The first-order valence-electron chi connectivity index (χ1n) is 19.8. The van der Waals surface area contributed by atoms with Crippen molar-refractivity contribution in [2.75, 3.05) is 6.54 Å². The fraction of sp³-hybridized carbons (Fsp3) is 0.0370. The third-order valence-electron chi connectivity index (χ3n) is 11.0. The quantitative estimate of drug-likeness (QED) is 0.163. The molecule has 0 bridgehead atoms. The van der Waals surface area contributed by atoms with Crippen LogP contribution in [0, 0.1) is 0 Å². The third-order valence-corrected chi connectivity index (χ3v) is 11.0. The van der Waals surface area contributed by atoms with Crippen molar-refractivity contribution in [3.8, 4) is 55.8 Å². The maximum Gasteiger partial charge on any atom is 0.134 e. The van der Waals surface area contributed by atoms with Crippen LogP contribution in [0.5, 0.6) is 0 Å². The Morgan fingerprint density at radius 2 is 1.00 bits per heavy atom. The number of fused-ring (bicyclic) bond motifs is 1. The lowest BCUT2D eigenvalue weighted by Gasteiger charge is -2.28. The average Bonchev–Trinajstić information content (AvgIpc) is 3.32. The monoisotopic (exact) mass is 744 g/mol. The van der Waals surface area contributed by atoms with Gasteiger partial charge in [-0.1, -0.05) is 146 Å². The smallest absolute Gasteiger partial charge is 0.134 e. The number of nitrogens with one attached hydrogen (secondary N) is 2. The molecule has 58 heavy (non-hydrogen) atoms. The van der Waals surface area contributed by atoms with Crippen molar-refractivity contribution < 1.29 is 0 Å². The molecule has 0 amide bonds. The van der Waals surface area contributed by atoms with Crippen LogP contribution in [0.15, 0.2) is 217 Å². The molecule has 4 nitrogen and oxygen atoms in total. The standard InChI is InChI=1S/C54H40N4/c1-4-14-37(15-5-1)42-26-27-49-52(36-42)57-54(58-53(49)41-18-8-3-9-19-41)48-33-43(38-16-6-2-7-17-38)30-44(34-48)39-22-24-40(25-23-39)45-31-46(50-20-10-12-28-55-50)35-47(32-45)51-21-11-13-29-56-51/h1-28,30-36,53,56H,29H2,(H,57,58). The summed E-state index contributed by atoms with van der Waals surface area (Å²) in [6.07, 6.45) is 8.23. The van der Waals surface area contributed by atoms with Gasteiger partial charge in [0.15, 0.2) is 0 Å². The van der Waals surface area contributed by atoms with Crippen molar-refractivity contribution in [3.63, 3.8) is 0 Å². The summed E-state index contributed by atoms with van der Waals surface area (Å²) in [5, 5.41) is 7.41. The number of amidine groups is 1. The minimum Gasteiger partial charge on any atom is -0.381 e. The molecule has 4 heteroatoms. The Bertz CT molecular complexity index is 2820. The van der Waals surface area contributed by atoms with E-state index < -0.39 is 0 Å². The van der Waals surface area contributed by atoms with Crippen molar-refractivity contribution in [1.29, 1.82) is 0 Å². The second-order valence-corrected chi connectivity index (χ2v) is 14.7. The summed E-state index contributed by atoms with van der Waals surface area (Å²) >= 11 is 0. The van der Waals surface area contributed by atoms with E-state index in [4.69, 9.17) is 4.99 Å². The van der Waals surface area contributed by atoms with Gasteiger partial charge in [0.1, 0.15) is 5.84 Å². The van der Waals surface area contributed by atoms with E-state index in [1.807, 2.05) is 18.3 Å². The van der Waals surface area contributed by atoms with Crippen LogP contribution in [0.2, 0.25) is 0 Å². The molecular weight excluding hydrogens is 705 g/mol. The minimum atomic E-state index is -0.0565. The molecule has 7 aromatic carbocycles. The fourth-order valence-electron chi connectivity index (χ4n) is 7.99. The van der Waals surface area contributed by atoms with Crippen LogP contribution in [0.25, 0.3) is 61.5 Å². The summed E-state index contributed by atoms with van der Waals surface area (Å²) in [7, 11) is 0. The van der Waals surface area contributed by atoms with Gasteiger partial charge in [0.25, 0.3) is 0 Å². The first-order valence-corrected chi connectivity index (χ1v) is 19.8. The van der Waals surface area contributed by atoms with E-state index >= 15 is 0 Å². The van der Waals surface area contributed by atoms with Gasteiger partial charge >= 0.3 is 0 Å². The number of nitrogens with zero attached hydrogens (tertiary/aromatic N) is 2. The van der Waals surface area contributed by atoms with Crippen LogP contribution >= 0.6 is 0 Å². The van der Waals surface area contributed by atoms with Crippen LogP contribution in [-0.4, -0.2) is 17.4 Å². The summed E-state index contributed by atoms with van der Waals surface area (Å²) in [5.74, 6) is 0.849. The summed E-state index contributed by atoms with van der Waals surface area (Å²) in [5.41, 5.74) is 17.8. The van der Waals surface area contributed by atoms with Gasteiger partial charge in [0, 0.05) is 35.1 Å². The molecule has 0 radical (unpaired) electrons. The molecule has 1 atom stereocenters. The lowest BCUT2D eigenvalue weighted by atomic mass is 9.91. The van der Waals surface area contributed by atoms with Crippen molar-refractivity contribution in [3.05, 3.63) is 235 Å². The van der Waals surface area contributed by atoms with E-state index in [2.05, 4.69) is 210 Å². The number of benzene rings is 7. The molecule has 1 aromatic heterocycles. The number of aromatic nitrogens is 1. The van der Waals surface area contributed by atoms with Crippen molar-refractivity contribution in [2.45, 2.75) is 6.04 Å². The van der Waals surface area contributed by atoms with Crippen LogP contribution < -0.4 is 10.6 Å². The largest absolute Gasteiger partial charge is 0.381 e. The lowest BCUT2D eigenvalue weighted by molar-refractivity contribution is 0.749. The molecule has 0 saturated carbocycles. The van der Waals surface area contributed by atoms with Crippen molar-refractivity contribution in [1.82, 2.24) is 15.6 Å². The zero-order valence-corrected chi connectivity index (χ0v) is 31.9. The molecule has 276 valence electrons. The number of aliphatic imine (C=N–C) groups is 1. The highest BCUT2D eigenvalue weighted by molar-refractivity contribution is 6.04. The SMILES string of the molecule is C1=CCNC(c2cc(-c3ccc(-c4cc(C5=Nc6cc(-c7ccccc7)ccc6C(c6ccccc6)N5)cc(-c5ccccc5)c4)cc3)cc(-c3ccccn3)c2)=C1. The first-order chi connectivity index (χ1) is 28.7. The van der Waals surface area contributed by atoms with Gasteiger partial charge in [0.05, 0.1) is 17.4 Å². The zero-order chi connectivity index (χ0) is 38.7. The van der Waals surface area contributed by atoms with Gasteiger partial charge in [-0.3, -0.25) is 4.98 Å². The van der Waals surface area contributed by atoms with E-state index in [1.165, 1.54) is 11.1 Å². The number of pyridine rings is 1. The molecule has 0 saturated heterocycles. The van der Waals surface area contributed by atoms with Crippen LogP contribution in [0.3, 0.4) is 0 Å². The van der Waals surface area contributed by atoms with Gasteiger partial charge in [-0.05, 0) is 116 Å². The Labute approximate surface area is 339 Å². The molecule has 0 aliphatic carbocycles. The van der Waals surface area contributed by atoms with Crippen molar-refractivity contribution in [2.24, 2.45) is 4.99 Å². The Morgan fingerprint density at radius 3 is 1.64 bits per heavy atom. The van der Waals surface area contributed by atoms with E-state index in [-0.39, 0.29) is 6.04 Å². The Kier molecular flexibility index (Phi) is 9.34. The third kappa shape index (κ3) is 7.15. The molecule has 0 fully saturated rings. The Hall–Kier alpha value is -7.56. The predicted octanol–water partition coefficient (Wildman–Crippen LogP) is 12.7. The second kappa shape index (κ2) is 15.5. The maximum absolute atomic E-state index is 5.37. The number of allylic oxidation sites excluding steroid dienone is 2. The molecule has 2 N–H and O–H groups in total. The van der Waals surface area contributed by atoms with Gasteiger partial charge in [-0.15, -0.1) is 0 Å². The molecule has 8 aromatic rings. The van der Waals surface area contributed by atoms with E-state index in [0.717, 1.165) is 90.7 Å². The van der Waals surface area contributed by atoms with Crippen molar-refractivity contribution >= 4 is 17.2 Å². The molecule has 2 aliphatic rings. The Morgan fingerprint density at radius 1 is 0.448 bits per heavy atom. The molecule has 10 rings (SSSR count). The average molecular weight is 745 g/mol. The van der Waals surface area contributed by atoms with E-state index in [9.17, 15) is 0 Å². The zero-order valence-electron chi connectivity index (χ0n) is 31.9. The van der Waals surface area contributed by atoms with Gasteiger partial charge < -0.3 is 10.6 Å². The topological polar surface area (TPSA) is 49.3 Å².